The lowest BCUT2D eigenvalue weighted by molar-refractivity contribution is 0.551. The van der Waals surface area contributed by atoms with Crippen LogP contribution in [0.2, 0.25) is 0 Å². The molecule has 1 aromatic carbocycles. The molecule has 1 aromatic rings. The van der Waals surface area contributed by atoms with Gasteiger partial charge in [0.15, 0.2) is 0 Å². The van der Waals surface area contributed by atoms with Gasteiger partial charge >= 0.3 is 0 Å². The van der Waals surface area contributed by atoms with Crippen LogP contribution < -0.4 is 5.73 Å². The number of hydrogen-bond acceptors (Lipinski definition) is 1. The molecule has 2 N–H and O–H groups in total. The summed E-state index contributed by atoms with van der Waals surface area (Å²) in [6.07, 6.45) is 0. The zero-order valence-corrected chi connectivity index (χ0v) is 8.03. The molecule has 1 nitrogen and oxygen atoms in total. The molecule has 4 heteroatoms. The van der Waals surface area contributed by atoms with Gasteiger partial charge < -0.3 is 5.73 Å². The molecule has 0 aliphatic carbocycles. The van der Waals surface area contributed by atoms with Crippen molar-refractivity contribution in [2.75, 3.05) is 0 Å². The molecule has 0 saturated carbocycles. The van der Waals surface area contributed by atoms with Crippen molar-refractivity contribution in [1.82, 2.24) is 0 Å². The minimum Gasteiger partial charge on any atom is -0.324 e. The minimum absolute atomic E-state index is 0.155. The molecule has 0 fully saturated rings. The van der Waals surface area contributed by atoms with Gasteiger partial charge in [0, 0.05) is 11.6 Å². The number of hydrogen-bond donors (Lipinski definition) is 1. The maximum absolute atomic E-state index is 13.1. The molecular weight excluding hydrogens is 228 g/mol. The van der Waals surface area contributed by atoms with Crippen LogP contribution in [0.15, 0.2) is 16.6 Å². The van der Waals surface area contributed by atoms with Crippen molar-refractivity contribution >= 4 is 15.9 Å². The second-order valence-electron chi connectivity index (χ2n) is 2.55. The fourth-order valence-corrected chi connectivity index (χ4v) is 1.25. The summed E-state index contributed by atoms with van der Waals surface area (Å²) in [4.78, 5) is 0. The van der Waals surface area contributed by atoms with E-state index in [2.05, 4.69) is 15.9 Å². The molecule has 1 atom stereocenters. The molecule has 0 amide bonds. The van der Waals surface area contributed by atoms with E-state index in [1.165, 1.54) is 12.1 Å². The molecule has 0 unspecified atom stereocenters. The van der Waals surface area contributed by atoms with Crippen molar-refractivity contribution in [2.24, 2.45) is 5.73 Å². The van der Waals surface area contributed by atoms with Crippen LogP contribution in [0.3, 0.4) is 0 Å². The summed E-state index contributed by atoms with van der Waals surface area (Å²) in [6, 6.07) is 2.10. The fraction of sp³-hybridized carbons (Fsp3) is 0.250. The minimum atomic E-state index is -0.620. The number of benzene rings is 1. The molecular formula is C8H8BrF2N. The summed E-state index contributed by atoms with van der Waals surface area (Å²) in [7, 11) is 0. The Balaban J connectivity index is 3.27. The molecule has 0 aliphatic heterocycles. The van der Waals surface area contributed by atoms with Gasteiger partial charge in [-0.2, -0.15) is 0 Å². The lowest BCUT2D eigenvalue weighted by atomic mass is 10.1. The summed E-state index contributed by atoms with van der Waals surface area (Å²) in [6.45, 7) is 1.64. The Labute approximate surface area is 77.7 Å². The summed E-state index contributed by atoms with van der Waals surface area (Å²) in [5.41, 5.74) is 5.76. The van der Waals surface area contributed by atoms with Crippen LogP contribution >= 0.6 is 15.9 Å². The number of halogens is 3. The number of nitrogens with two attached hydrogens (primary N) is 1. The van der Waals surface area contributed by atoms with E-state index in [1.807, 2.05) is 0 Å². The average molecular weight is 236 g/mol. The quantitative estimate of drug-likeness (QED) is 0.745. The van der Waals surface area contributed by atoms with Crippen LogP contribution in [0.25, 0.3) is 0 Å². The zero-order valence-electron chi connectivity index (χ0n) is 6.44. The van der Waals surface area contributed by atoms with E-state index in [-0.39, 0.29) is 4.47 Å². The first-order chi connectivity index (χ1) is 5.54. The Kier molecular flexibility index (Phi) is 2.80. The van der Waals surface area contributed by atoms with Crippen LogP contribution in [0.4, 0.5) is 8.78 Å². The zero-order chi connectivity index (χ0) is 9.30. The van der Waals surface area contributed by atoms with E-state index in [9.17, 15) is 8.78 Å². The predicted octanol–water partition coefficient (Wildman–Crippen LogP) is 2.75. The summed E-state index contributed by atoms with van der Waals surface area (Å²) < 4.78 is 25.7. The second-order valence-corrected chi connectivity index (χ2v) is 3.35. The van der Waals surface area contributed by atoms with E-state index >= 15 is 0 Å². The van der Waals surface area contributed by atoms with Crippen molar-refractivity contribution in [2.45, 2.75) is 13.0 Å². The van der Waals surface area contributed by atoms with Crippen LogP contribution in [-0.2, 0) is 0 Å². The van der Waals surface area contributed by atoms with Crippen molar-refractivity contribution < 1.29 is 8.78 Å². The first-order valence-corrected chi connectivity index (χ1v) is 4.22. The molecule has 0 aliphatic rings. The van der Waals surface area contributed by atoms with Gasteiger partial charge in [-0.25, -0.2) is 8.78 Å². The first kappa shape index (κ1) is 9.61. The molecule has 0 heterocycles. The molecule has 0 saturated heterocycles. The SMILES string of the molecule is C[C@H](N)c1ccc(F)c(Br)c1F. The maximum Gasteiger partial charge on any atom is 0.145 e. The Hall–Kier alpha value is -0.480. The van der Waals surface area contributed by atoms with E-state index in [0.717, 1.165) is 0 Å². The second kappa shape index (κ2) is 3.49. The van der Waals surface area contributed by atoms with Crippen LogP contribution in [0.5, 0.6) is 0 Å². The third kappa shape index (κ3) is 1.64. The molecule has 0 spiro atoms. The van der Waals surface area contributed by atoms with Gasteiger partial charge in [0.05, 0.1) is 4.47 Å². The molecule has 66 valence electrons. The highest BCUT2D eigenvalue weighted by molar-refractivity contribution is 9.10. The third-order valence-corrected chi connectivity index (χ3v) is 2.28. The van der Waals surface area contributed by atoms with Gasteiger partial charge in [-0.1, -0.05) is 6.07 Å². The normalized spacial score (nSPS) is 13.1. The Morgan fingerprint density at radius 3 is 2.50 bits per heavy atom. The van der Waals surface area contributed by atoms with Gasteiger partial charge in [-0.05, 0) is 28.9 Å². The van der Waals surface area contributed by atoms with E-state index in [0.29, 0.717) is 5.56 Å². The molecule has 0 bridgehead atoms. The molecule has 0 radical (unpaired) electrons. The molecule has 1 rings (SSSR count). The van der Waals surface area contributed by atoms with Crippen molar-refractivity contribution in [3.63, 3.8) is 0 Å². The third-order valence-electron chi connectivity index (χ3n) is 1.56. The van der Waals surface area contributed by atoms with Crippen molar-refractivity contribution in [1.29, 1.82) is 0 Å². The van der Waals surface area contributed by atoms with Crippen LogP contribution in [0.1, 0.15) is 18.5 Å². The summed E-state index contributed by atoms with van der Waals surface area (Å²) >= 11 is 2.79. The summed E-state index contributed by atoms with van der Waals surface area (Å²) in [5, 5.41) is 0. The molecule has 0 aromatic heterocycles. The van der Waals surface area contributed by atoms with Gasteiger partial charge in [0.2, 0.25) is 0 Å². The predicted molar refractivity (Wildman–Crippen MR) is 46.7 cm³/mol. The highest BCUT2D eigenvalue weighted by Crippen LogP contribution is 2.25. The lowest BCUT2D eigenvalue weighted by Gasteiger charge is -2.08. The average Bonchev–Trinajstić information content (AvgIpc) is 2.00. The monoisotopic (exact) mass is 235 g/mol. The van der Waals surface area contributed by atoms with Gasteiger partial charge in [0.1, 0.15) is 11.6 Å². The van der Waals surface area contributed by atoms with E-state index in [1.54, 1.807) is 6.92 Å². The Bertz CT molecular complexity index is 299. The largest absolute Gasteiger partial charge is 0.324 e. The van der Waals surface area contributed by atoms with Crippen molar-refractivity contribution in [3.8, 4) is 0 Å². The first-order valence-electron chi connectivity index (χ1n) is 3.43. The summed E-state index contributed by atoms with van der Waals surface area (Å²) in [5.74, 6) is -1.23. The van der Waals surface area contributed by atoms with Gasteiger partial charge in [0.25, 0.3) is 0 Å². The van der Waals surface area contributed by atoms with Gasteiger partial charge in [-0.3, -0.25) is 0 Å². The number of rotatable bonds is 1. The van der Waals surface area contributed by atoms with E-state index < -0.39 is 17.7 Å². The van der Waals surface area contributed by atoms with Crippen LogP contribution in [0, 0.1) is 11.6 Å². The highest BCUT2D eigenvalue weighted by atomic mass is 79.9. The Morgan fingerprint density at radius 1 is 1.42 bits per heavy atom. The van der Waals surface area contributed by atoms with Crippen LogP contribution in [-0.4, -0.2) is 0 Å². The lowest BCUT2D eigenvalue weighted by Crippen LogP contribution is -2.08. The van der Waals surface area contributed by atoms with Crippen molar-refractivity contribution in [3.05, 3.63) is 33.8 Å². The standard InChI is InChI=1S/C8H8BrF2N/c1-4(12)5-2-3-6(10)7(9)8(5)11/h2-4H,12H2,1H3/t4-/m0/s1. The van der Waals surface area contributed by atoms with Gasteiger partial charge in [-0.15, -0.1) is 0 Å². The fourth-order valence-electron chi connectivity index (χ4n) is 0.893. The highest BCUT2D eigenvalue weighted by Gasteiger charge is 2.13. The molecule has 12 heavy (non-hydrogen) atoms. The Morgan fingerprint density at radius 2 is 2.00 bits per heavy atom. The maximum atomic E-state index is 13.1. The topological polar surface area (TPSA) is 26.0 Å². The smallest absolute Gasteiger partial charge is 0.145 e. The van der Waals surface area contributed by atoms with E-state index in [4.69, 9.17) is 5.73 Å².